The molecule has 0 aliphatic heterocycles. The van der Waals surface area contributed by atoms with Gasteiger partial charge in [-0.1, -0.05) is 48.5 Å². The molecule has 3 N–H and O–H groups in total. The van der Waals surface area contributed by atoms with Crippen LogP contribution in [0, 0.1) is 0 Å². The average Bonchev–Trinajstić information content (AvgIpc) is 3.40. The van der Waals surface area contributed by atoms with Crippen molar-refractivity contribution < 1.29 is 24.0 Å². The summed E-state index contributed by atoms with van der Waals surface area (Å²) in [7, 11) is 0. The third kappa shape index (κ3) is 5.76. The molecule has 11 heteroatoms. The monoisotopic (exact) mass is 591 g/mol. The molecule has 1 aliphatic rings. The van der Waals surface area contributed by atoms with Gasteiger partial charge in [0.05, 0.1) is 0 Å². The largest absolute Gasteiger partial charge is 0.598 e. The van der Waals surface area contributed by atoms with E-state index in [0.717, 1.165) is 22.3 Å². The zero-order valence-electron chi connectivity index (χ0n) is 19.9. The number of hydrogen-bond donors (Lipinski definition) is 3. The van der Waals surface area contributed by atoms with Crippen LogP contribution in [0.4, 0.5) is 4.79 Å². The van der Waals surface area contributed by atoms with Crippen LogP contribution in [0.15, 0.2) is 58.5 Å². The normalized spacial score (nSPS) is 15.5. The summed E-state index contributed by atoms with van der Waals surface area (Å²) in [6.45, 7) is 5.33. The lowest BCUT2D eigenvalue weighted by molar-refractivity contribution is -0.140. The van der Waals surface area contributed by atoms with E-state index in [-0.39, 0.29) is 12.5 Å². The number of fused-ring (bicyclic) bond motifs is 3. The van der Waals surface area contributed by atoms with E-state index in [1.54, 1.807) is 26.2 Å². The zero-order valence-corrected chi connectivity index (χ0v) is 23.1. The van der Waals surface area contributed by atoms with Crippen molar-refractivity contribution in [3.63, 3.8) is 0 Å². The van der Waals surface area contributed by atoms with E-state index in [1.807, 2.05) is 48.5 Å². The molecule has 3 aromatic rings. The maximum absolute atomic E-state index is 12.8. The molecule has 190 valence electrons. The number of carbonyl (C=O) groups excluding carboxylic acids is 1. The van der Waals surface area contributed by atoms with Gasteiger partial charge >= 0.3 is 12.1 Å². The maximum Gasteiger partial charge on any atom is 0.407 e. The van der Waals surface area contributed by atoms with Crippen LogP contribution in [0.5, 0.6) is 0 Å². The van der Waals surface area contributed by atoms with Crippen LogP contribution in [0.2, 0.25) is 0 Å². The Kier molecular flexibility index (Phi) is 8.06. The van der Waals surface area contributed by atoms with E-state index in [1.165, 1.54) is 11.3 Å². The van der Waals surface area contributed by atoms with Crippen molar-refractivity contribution in [3.8, 4) is 11.1 Å². The Bertz CT molecular complexity index is 1220. The van der Waals surface area contributed by atoms with Gasteiger partial charge in [-0.05, 0) is 59.0 Å². The maximum atomic E-state index is 12.8. The lowest BCUT2D eigenvalue weighted by Gasteiger charge is -2.29. The van der Waals surface area contributed by atoms with E-state index in [0.29, 0.717) is 9.61 Å². The van der Waals surface area contributed by atoms with Crippen molar-refractivity contribution in [1.82, 2.24) is 15.0 Å². The summed E-state index contributed by atoms with van der Waals surface area (Å²) in [6.07, 6.45) is -0.881. The second-order valence-corrected chi connectivity index (χ2v) is 13.0. The number of nitrogens with one attached hydrogen (secondary N) is 2. The quantitative estimate of drug-likeness (QED) is 0.315. The number of rotatable bonds is 8. The minimum absolute atomic E-state index is 0.0427. The van der Waals surface area contributed by atoms with Gasteiger partial charge in [-0.3, -0.25) is 0 Å². The Morgan fingerprint density at radius 2 is 1.75 bits per heavy atom. The molecule has 36 heavy (non-hydrogen) atoms. The number of thiazole rings is 1. The highest BCUT2D eigenvalue weighted by molar-refractivity contribution is 9.10. The first-order chi connectivity index (χ1) is 17.1. The fraction of sp³-hybridized carbons (Fsp3) is 0.320. The van der Waals surface area contributed by atoms with E-state index in [2.05, 4.69) is 31.0 Å². The number of alkyl carbamates (subject to hydrolysis) is 1. The van der Waals surface area contributed by atoms with Crippen molar-refractivity contribution in [3.05, 3.63) is 74.6 Å². The molecule has 1 heterocycles. The van der Waals surface area contributed by atoms with Gasteiger partial charge in [0.15, 0.2) is 6.04 Å². The van der Waals surface area contributed by atoms with Gasteiger partial charge in [0, 0.05) is 22.7 Å². The predicted molar refractivity (Wildman–Crippen MR) is 143 cm³/mol. The molecule has 0 fully saturated rings. The fourth-order valence-electron chi connectivity index (χ4n) is 4.02. The number of aromatic nitrogens is 1. The summed E-state index contributed by atoms with van der Waals surface area (Å²) in [5, 5.41) is 14.5. The number of benzene rings is 2. The lowest BCUT2D eigenvalue weighted by atomic mass is 9.98. The summed E-state index contributed by atoms with van der Waals surface area (Å²) in [5.41, 5.74) is 4.28. The number of hydrogen-bond acceptors (Lipinski definition) is 7. The number of carboxylic acid groups (broad SMARTS) is 1. The Morgan fingerprint density at radius 1 is 1.17 bits per heavy atom. The van der Waals surface area contributed by atoms with Gasteiger partial charge in [-0.2, -0.15) is 0 Å². The minimum Gasteiger partial charge on any atom is -0.598 e. The topological polar surface area (TPSA) is 124 Å². The van der Waals surface area contributed by atoms with Crippen LogP contribution < -0.4 is 10.0 Å². The molecule has 0 radical (unpaired) electrons. The number of ether oxygens (including phenoxy) is 1. The van der Waals surface area contributed by atoms with Crippen LogP contribution in [0.3, 0.4) is 0 Å². The second kappa shape index (κ2) is 10.9. The molecule has 0 spiro atoms. The van der Waals surface area contributed by atoms with Crippen LogP contribution in [-0.2, 0) is 20.9 Å². The molecule has 0 saturated heterocycles. The summed E-state index contributed by atoms with van der Waals surface area (Å²) < 4.78 is 21.1. The Labute approximate surface area is 224 Å². The van der Waals surface area contributed by atoms with E-state index >= 15 is 0 Å². The lowest BCUT2D eigenvalue weighted by Crippen LogP contribution is -2.53. The Balaban J connectivity index is 1.51. The number of amides is 1. The highest BCUT2D eigenvalue weighted by atomic mass is 79.9. The summed E-state index contributed by atoms with van der Waals surface area (Å²) in [6, 6.07) is 13.4. The summed E-state index contributed by atoms with van der Waals surface area (Å²) in [4.78, 5) is 29.4. The molecule has 0 saturated carbocycles. The second-order valence-electron chi connectivity index (χ2n) is 9.27. The highest BCUT2D eigenvalue weighted by Crippen LogP contribution is 2.44. The van der Waals surface area contributed by atoms with Crippen LogP contribution in [-0.4, -0.2) is 44.1 Å². The zero-order chi connectivity index (χ0) is 26.0. The number of carbonyl (C=O) groups is 2. The fourth-order valence-corrected chi connectivity index (χ4v) is 6.28. The molecule has 0 unspecified atom stereocenters. The standard InChI is InChI=1S/C25H26BrN3O5S2/c1-25(2,3)36(33)29-20(22-27-19(26)13-35-22)21(23(30)31)28-24(32)34-12-18-16-10-6-4-8-14(16)15-9-5-7-11-17(15)18/h4-11,13,18,20-21,29H,12H2,1-3H3,(H,28,32)(H,30,31)/t20-,21-,36-/m0/s1. The molecule has 8 nitrogen and oxygen atoms in total. The van der Waals surface area contributed by atoms with Crippen LogP contribution in [0.1, 0.15) is 48.9 Å². The number of carboxylic acids is 1. The smallest absolute Gasteiger partial charge is 0.407 e. The van der Waals surface area contributed by atoms with Crippen molar-refractivity contribution in [2.24, 2.45) is 0 Å². The third-order valence-electron chi connectivity index (χ3n) is 5.77. The minimum atomic E-state index is -1.62. The average molecular weight is 593 g/mol. The van der Waals surface area contributed by atoms with Crippen LogP contribution in [0.25, 0.3) is 11.1 Å². The molecule has 1 amide bonds. The molecule has 1 aromatic heterocycles. The first-order valence-corrected chi connectivity index (χ1v) is 14.0. The Hall–Kier alpha value is -2.44. The van der Waals surface area contributed by atoms with E-state index < -0.39 is 40.3 Å². The van der Waals surface area contributed by atoms with E-state index in [9.17, 15) is 19.2 Å². The van der Waals surface area contributed by atoms with Crippen LogP contribution >= 0.6 is 27.3 Å². The van der Waals surface area contributed by atoms with Gasteiger partial charge in [-0.15, -0.1) is 16.1 Å². The van der Waals surface area contributed by atoms with Gasteiger partial charge in [0.25, 0.3) is 0 Å². The number of aliphatic carboxylic acids is 1. The highest BCUT2D eigenvalue weighted by Gasteiger charge is 2.40. The molecule has 2 aromatic carbocycles. The number of nitrogens with zero attached hydrogens (tertiary/aromatic N) is 1. The van der Waals surface area contributed by atoms with Crippen molar-refractivity contribution in [1.29, 1.82) is 0 Å². The first-order valence-electron chi connectivity index (χ1n) is 11.2. The molecule has 0 bridgehead atoms. The summed E-state index contributed by atoms with van der Waals surface area (Å²) >= 11 is 2.84. The van der Waals surface area contributed by atoms with Gasteiger partial charge < -0.3 is 19.7 Å². The molecule has 4 rings (SSSR count). The molecular weight excluding hydrogens is 566 g/mol. The number of halogens is 1. The Morgan fingerprint density at radius 3 is 2.25 bits per heavy atom. The van der Waals surface area contributed by atoms with E-state index in [4.69, 9.17) is 4.74 Å². The van der Waals surface area contributed by atoms with Gasteiger partial charge in [0.2, 0.25) is 0 Å². The predicted octanol–water partition coefficient (Wildman–Crippen LogP) is 4.99. The van der Waals surface area contributed by atoms with Gasteiger partial charge in [-0.25, -0.2) is 14.6 Å². The molecular formula is C25H26BrN3O5S2. The van der Waals surface area contributed by atoms with Crippen molar-refractivity contribution >= 4 is 50.7 Å². The third-order valence-corrected chi connectivity index (χ3v) is 8.98. The SMILES string of the molecule is CC(C)(C)[S@+]([O-])N[C@H](c1nc(Br)cs1)[C@H](NC(=O)OCC1c2ccccc2-c2ccccc21)C(=O)O. The molecule has 1 aliphatic carbocycles. The molecule has 3 atom stereocenters. The van der Waals surface area contributed by atoms with Crippen molar-refractivity contribution in [2.45, 2.75) is 43.5 Å². The van der Waals surface area contributed by atoms with Gasteiger partial charge in [0.1, 0.15) is 27.0 Å². The van der Waals surface area contributed by atoms with Crippen molar-refractivity contribution in [2.75, 3.05) is 6.61 Å². The summed E-state index contributed by atoms with van der Waals surface area (Å²) in [5.74, 6) is -1.47. The first kappa shape index (κ1) is 26.6.